The molecule has 0 spiro atoms. The van der Waals surface area contributed by atoms with Gasteiger partial charge in [0.25, 0.3) is 0 Å². The molecule has 3 N–H and O–H groups in total. The summed E-state index contributed by atoms with van der Waals surface area (Å²) >= 11 is 0. The first-order chi connectivity index (χ1) is 8.40. The van der Waals surface area contributed by atoms with Crippen LogP contribution in [-0.2, 0) is 4.79 Å². The van der Waals surface area contributed by atoms with E-state index >= 15 is 0 Å². The number of aliphatic carboxylic acids is 1. The number of aromatic carboxylic acids is 1. The average molecular weight is 255 g/mol. The van der Waals surface area contributed by atoms with Crippen molar-refractivity contribution < 1.29 is 24.2 Å². The molecular weight excluding hydrogens is 241 g/mol. The highest BCUT2D eigenvalue weighted by molar-refractivity contribution is 5.89. The van der Waals surface area contributed by atoms with E-state index in [9.17, 15) is 14.0 Å². The van der Waals surface area contributed by atoms with Crippen molar-refractivity contribution in [2.24, 2.45) is 0 Å². The van der Waals surface area contributed by atoms with Crippen LogP contribution in [0, 0.1) is 5.82 Å². The fourth-order valence-corrected chi connectivity index (χ4v) is 1.48. The van der Waals surface area contributed by atoms with Gasteiger partial charge < -0.3 is 15.5 Å². The lowest BCUT2D eigenvalue weighted by molar-refractivity contribution is -0.137. The Morgan fingerprint density at radius 1 is 1.39 bits per heavy atom. The highest BCUT2D eigenvalue weighted by atomic mass is 19.1. The minimum atomic E-state index is -1.34. The van der Waals surface area contributed by atoms with Gasteiger partial charge in [0, 0.05) is 18.2 Å². The van der Waals surface area contributed by atoms with E-state index in [4.69, 9.17) is 10.2 Å². The van der Waals surface area contributed by atoms with Gasteiger partial charge in [-0.3, -0.25) is 4.79 Å². The van der Waals surface area contributed by atoms with Crippen molar-refractivity contribution in [1.82, 2.24) is 0 Å². The Labute approximate surface area is 103 Å². The second kappa shape index (κ2) is 6.00. The molecule has 0 fully saturated rings. The number of benzene rings is 1. The normalized spacial score (nSPS) is 11.9. The van der Waals surface area contributed by atoms with E-state index in [-0.39, 0.29) is 12.5 Å². The minimum Gasteiger partial charge on any atom is -0.481 e. The van der Waals surface area contributed by atoms with Crippen LogP contribution in [0.3, 0.4) is 0 Å². The number of carboxylic acids is 2. The van der Waals surface area contributed by atoms with Crippen LogP contribution in [-0.4, -0.2) is 28.2 Å². The lowest BCUT2D eigenvalue weighted by atomic mass is 10.1. The Morgan fingerprint density at radius 2 is 2.06 bits per heavy atom. The fourth-order valence-electron chi connectivity index (χ4n) is 1.48. The quantitative estimate of drug-likeness (QED) is 0.725. The third kappa shape index (κ3) is 4.04. The molecule has 0 aromatic heterocycles. The SMILES string of the molecule is CC(CCC(=O)O)Nc1ccc(F)c(C(=O)O)c1. The van der Waals surface area contributed by atoms with E-state index in [1.807, 2.05) is 0 Å². The molecule has 0 saturated heterocycles. The number of carbonyl (C=O) groups is 2. The summed E-state index contributed by atoms with van der Waals surface area (Å²) in [5, 5.41) is 20.2. The number of rotatable bonds is 6. The van der Waals surface area contributed by atoms with E-state index < -0.39 is 23.3 Å². The number of anilines is 1. The summed E-state index contributed by atoms with van der Waals surface area (Å²) in [5.41, 5.74) is 0.0390. The highest BCUT2D eigenvalue weighted by Crippen LogP contribution is 2.16. The molecular formula is C12H14FNO4. The Morgan fingerprint density at radius 3 is 2.61 bits per heavy atom. The molecule has 5 nitrogen and oxygen atoms in total. The third-order valence-corrected chi connectivity index (χ3v) is 2.40. The predicted molar refractivity (Wildman–Crippen MR) is 63.3 cm³/mol. The zero-order chi connectivity index (χ0) is 13.7. The molecule has 0 aliphatic heterocycles. The second-order valence-electron chi connectivity index (χ2n) is 3.98. The van der Waals surface area contributed by atoms with E-state index in [0.29, 0.717) is 12.1 Å². The lowest BCUT2D eigenvalue weighted by Gasteiger charge is -2.14. The summed E-state index contributed by atoms with van der Waals surface area (Å²) in [7, 11) is 0. The monoisotopic (exact) mass is 255 g/mol. The van der Waals surface area contributed by atoms with Gasteiger partial charge in [0.05, 0.1) is 5.56 Å². The van der Waals surface area contributed by atoms with Crippen LogP contribution in [0.2, 0.25) is 0 Å². The molecule has 0 bridgehead atoms. The Hall–Kier alpha value is -2.11. The van der Waals surface area contributed by atoms with Gasteiger partial charge in [0.1, 0.15) is 5.82 Å². The number of carboxylic acid groups (broad SMARTS) is 2. The Bertz CT molecular complexity index is 461. The van der Waals surface area contributed by atoms with Crippen molar-refractivity contribution in [3.63, 3.8) is 0 Å². The summed E-state index contributed by atoms with van der Waals surface area (Å²) in [6.07, 6.45) is 0.413. The Balaban J connectivity index is 2.70. The van der Waals surface area contributed by atoms with Gasteiger partial charge in [-0.15, -0.1) is 0 Å². The molecule has 0 amide bonds. The molecule has 0 heterocycles. The van der Waals surface area contributed by atoms with Crippen molar-refractivity contribution in [3.8, 4) is 0 Å². The largest absolute Gasteiger partial charge is 0.481 e. The topological polar surface area (TPSA) is 86.6 Å². The highest BCUT2D eigenvalue weighted by Gasteiger charge is 2.12. The van der Waals surface area contributed by atoms with Crippen LogP contribution in [0.1, 0.15) is 30.1 Å². The van der Waals surface area contributed by atoms with Crippen molar-refractivity contribution in [3.05, 3.63) is 29.6 Å². The molecule has 1 aromatic rings. The van der Waals surface area contributed by atoms with Crippen molar-refractivity contribution in [2.75, 3.05) is 5.32 Å². The molecule has 0 aliphatic rings. The second-order valence-corrected chi connectivity index (χ2v) is 3.98. The maximum Gasteiger partial charge on any atom is 0.338 e. The molecule has 1 unspecified atom stereocenters. The van der Waals surface area contributed by atoms with Gasteiger partial charge >= 0.3 is 11.9 Å². The molecule has 1 atom stereocenters. The van der Waals surface area contributed by atoms with Crippen LogP contribution in [0.5, 0.6) is 0 Å². The average Bonchev–Trinajstić information content (AvgIpc) is 2.28. The molecule has 0 radical (unpaired) electrons. The first-order valence-corrected chi connectivity index (χ1v) is 5.41. The molecule has 1 rings (SSSR count). The summed E-state index contributed by atoms with van der Waals surface area (Å²) in [5.74, 6) is -3.03. The lowest BCUT2D eigenvalue weighted by Crippen LogP contribution is -2.17. The van der Waals surface area contributed by atoms with Crippen LogP contribution in [0.25, 0.3) is 0 Å². The first-order valence-electron chi connectivity index (χ1n) is 5.41. The molecule has 0 saturated carbocycles. The van der Waals surface area contributed by atoms with Crippen molar-refractivity contribution >= 4 is 17.6 Å². The van der Waals surface area contributed by atoms with Crippen LogP contribution < -0.4 is 5.32 Å². The smallest absolute Gasteiger partial charge is 0.338 e. The van der Waals surface area contributed by atoms with E-state index in [2.05, 4.69) is 5.32 Å². The van der Waals surface area contributed by atoms with Crippen molar-refractivity contribution in [1.29, 1.82) is 0 Å². The maximum absolute atomic E-state index is 13.1. The summed E-state index contributed by atoms with van der Waals surface area (Å²) in [6, 6.07) is 3.53. The number of hydrogen-bond acceptors (Lipinski definition) is 3. The van der Waals surface area contributed by atoms with Crippen LogP contribution >= 0.6 is 0 Å². The summed E-state index contributed by atoms with van der Waals surface area (Å²) in [4.78, 5) is 21.1. The Kier molecular flexibility index (Phi) is 4.65. The molecule has 18 heavy (non-hydrogen) atoms. The molecule has 1 aromatic carbocycles. The zero-order valence-electron chi connectivity index (χ0n) is 9.81. The molecule has 6 heteroatoms. The van der Waals surface area contributed by atoms with Crippen molar-refractivity contribution in [2.45, 2.75) is 25.8 Å². The van der Waals surface area contributed by atoms with Crippen LogP contribution in [0.15, 0.2) is 18.2 Å². The number of halogens is 1. The van der Waals surface area contributed by atoms with Gasteiger partial charge in [-0.05, 0) is 31.5 Å². The first kappa shape index (κ1) is 14.0. The molecule has 98 valence electrons. The third-order valence-electron chi connectivity index (χ3n) is 2.40. The van der Waals surface area contributed by atoms with E-state index in [1.165, 1.54) is 12.1 Å². The standard InChI is InChI=1S/C12H14FNO4/c1-7(2-5-11(15)16)14-8-3-4-10(13)9(6-8)12(17)18/h3-4,6-7,14H,2,5H2,1H3,(H,15,16)(H,17,18). The minimum absolute atomic E-state index is 0.0150. The predicted octanol–water partition coefficient (Wildman–Crippen LogP) is 2.19. The van der Waals surface area contributed by atoms with E-state index in [0.717, 1.165) is 6.07 Å². The van der Waals surface area contributed by atoms with Gasteiger partial charge in [0.2, 0.25) is 0 Å². The fraction of sp³-hybridized carbons (Fsp3) is 0.333. The van der Waals surface area contributed by atoms with Gasteiger partial charge in [-0.2, -0.15) is 0 Å². The summed E-state index contributed by atoms with van der Waals surface area (Å²) < 4.78 is 13.1. The van der Waals surface area contributed by atoms with E-state index in [1.54, 1.807) is 6.92 Å². The maximum atomic E-state index is 13.1. The van der Waals surface area contributed by atoms with Crippen LogP contribution in [0.4, 0.5) is 10.1 Å². The van der Waals surface area contributed by atoms with Gasteiger partial charge in [0.15, 0.2) is 0 Å². The number of hydrogen-bond donors (Lipinski definition) is 3. The number of nitrogens with one attached hydrogen (secondary N) is 1. The summed E-state index contributed by atoms with van der Waals surface area (Å²) in [6.45, 7) is 1.77. The zero-order valence-corrected chi connectivity index (χ0v) is 9.81. The molecule has 0 aliphatic carbocycles. The van der Waals surface area contributed by atoms with Gasteiger partial charge in [-0.25, -0.2) is 9.18 Å². The van der Waals surface area contributed by atoms with Gasteiger partial charge in [-0.1, -0.05) is 0 Å².